The standard InChI is InChI=1S/C18H18Cl2N2O4S/c19-13-6-7-16(20)17(10-13)27(24,25)22-14-4-1-3-12(9-14)18(23)21-11-15-5-2-8-26-15/h1,3-4,6-7,9-10,15,22H,2,5,8,11H2,(H,21,23). The third-order valence-corrected chi connectivity index (χ3v) is 6.17. The second-order valence-electron chi connectivity index (χ2n) is 6.11. The minimum absolute atomic E-state index is 0.0283. The molecule has 144 valence electrons. The molecule has 6 nitrogen and oxygen atoms in total. The van der Waals surface area contributed by atoms with E-state index in [1.54, 1.807) is 18.2 Å². The van der Waals surface area contributed by atoms with E-state index in [-0.39, 0.29) is 32.6 Å². The van der Waals surface area contributed by atoms with Gasteiger partial charge in [-0.05, 0) is 49.2 Å². The molecule has 0 aromatic heterocycles. The molecule has 0 aliphatic carbocycles. The molecule has 2 aromatic rings. The van der Waals surface area contributed by atoms with Crippen molar-refractivity contribution in [2.24, 2.45) is 0 Å². The van der Waals surface area contributed by atoms with Crippen LogP contribution in [0.25, 0.3) is 0 Å². The van der Waals surface area contributed by atoms with Crippen molar-refractivity contribution in [1.29, 1.82) is 0 Å². The number of carbonyl (C=O) groups excluding carboxylic acids is 1. The average molecular weight is 429 g/mol. The lowest BCUT2D eigenvalue weighted by molar-refractivity contribution is 0.0858. The van der Waals surface area contributed by atoms with Gasteiger partial charge in [0, 0.05) is 29.4 Å². The molecular formula is C18H18Cl2N2O4S. The predicted molar refractivity (Wildman–Crippen MR) is 105 cm³/mol. The maximum atomic E-state index is 12.6. The van der Waals surface area contributed by atoms with Gasteiger partial charge in [-0.3, -0.25) is 9.52 Å². The highest BCUT2D eigenvalue weighted by molar-refractivity contribution is 7.92. The van der Waals surface area contributed by atoms with Gasteiger partial charge in [-0.1, -0.05) is 29.3 Å². The van der Waals surface area contributed by atoms with Crippen LogP contribution in [0.15, 0.2) is 47.4 Å². The lowest BCUT2D eigenvalue weighted by Crippen LogP contribution is -2.31. The summed E-state index contributed by atoms with van der Waals surface area (Å²) in [6.45, 7) is 1.14. The molecule has 1 unspecified atom stereocenters. The van der Waals surface area contributed by atoms with Gasteiger partial charge in [0.05, 0.1) is 11.1 Å². The van der Waals surface area contributed by atoms with E-state index < -0.39 is 10.0 Å². The molecule has 0 radical (unpaired) electrons. The highest BCUT2D eigenvalue weighted by Gasteiger charge is 2.20. The zero-order chi connectivity index (χ0) is 19.4. The molecule has 9 heteroatoms. The van der Waals surface area contributed by atoms with Gasteiger partial charge in [0.15, 0.2) is 0 Å². The molecular weight excluding hydrogens is 411 g/mol. The van der Waals surface area contributed by atoms with E-state index in [2.05, 4.69) is 10.0 Å². The van der Waals surface area contributed by atoms with Crippen LogP contribution in [0.2, 0.25) is 10.0 Å². The molecule has 2 N–H and O–H groups in total. The summed E-state index contributed by atoms with van der Waals surface area (Å²) in [6, 6.07) is 10.4. The summed E-state index contributed by atoms with van der Waals surface area (Å²) in [4.78, 5) is 12.2. The molecule has 3 rings (SSSR count). The molecule has 1 amide bonds. The van der Waals surface area contributed by atoms with Crippen LogP contribution in [-0.2, 0) is 14.8 Å². The first-order valence-electron chi connectivity index (χ1n) is 8.33. The minimum Gasteiger partial charge on any atom is -0.376 e. The average Bonchev–Trinajstić information content (AvgIpc) is 3.15. The van der Waals surface area contributed by atoms with Gasteiger partial charge in [0.25, 0.3) is 15.9 Å². The van der Waals surface area contributed by atoms with Crippen LogP contribution < -0.4 is 10.0 Å². The number of ether oxygens (including phenoxy) is 1. The summed E-state index contributed by atoms with van der Waals surface area (Å²) in [5, 5.41) is 3.10. The van der Waals surface area contributed by atoms with E-state index in [0.29, 0.717) is 18.7 Å². The van der Waals surface area contributed by atoms with Crippen molar-refractivity contribution in [2.45, 2.75) is 23.8 Å². The first-order chi connectivity index (χ1) is 12.8. The number of carbonyl (C=O) groups is 1. The smallest absolute Gasteiger partial charge is 0.263 e. The van der Waals surface area contributed by atoms with E-state index in [4.69, 9.17) is 27.9 Å². The van der Waals surface area contributed by atoms with Crippen molar-refractivity contribution in [2.75, 3.05) is 17.9 Å². The Kier molecular flexibility index (Phi) is 6.26. The van der Waals surface area contributed by atoms with Crippen molar-refractivity contribution >= 4 is 44.8 Å². The fourth-order valence-electron chi connectivity index (χ4n) is 2.73. The SMILES string of the molecule is O=C(NCC1CCCO1)c1cccc(NS(=O)(=O)c2cc(Cl)ccc2Cl)c1. The number of sulfonamides is 1. The van der Waals surface area contributed by atoms with Gasteiger partial charge in [0.1, 0.15) is 4.90 Å². The third-order valence-electron chi connectivity index (χ3n) is 4.07. The Hall–Kier alpha value is -1.80. The van der Waals surface area contributed by atoms with Crippen LogP contribution in [0, 0.1) is 0 Å². The summed E-state index contributed by atoms with van der Waals surface area (Å²) >= 11 is 11.8. The minimum atomic E-state index is -3.95. The fraction of sp³-hybridized carbons (Fsp3) is 0.278. The molecule has 1 aliphatic rings. The largest absolute Gasteiger partial charge is 0.376 e. The second kappa shape index (κ2) is 8.48. The number of anilines is 1. The van der Waals surface area contributed by atoms with Gasteiger partial charge in [-0.15, -0.1) is 0 Å². The molecule has 2 aromatic carbocycles. The maximum Gasteiger partial charge on any atom is 0.263 e. The first-order valence-corrected chi connectivity index (χ1v) is 10.6. The number of benzene rings is 2. The van der Waals surface area contributed by atoms with Crippen molar-refractivity contribution in [3.63, 3.8) is 0 Å². The fourth-order valence-corrected chi connectivity index (χ4v) is 4.54. The van der Waals surface area contributed by atoms with Crippen molar-refractivity contribution in [3.8, 4) is 0 Å². The summed E-state index contributed by atoms with van der Waals surface area (Å²) in [6.07, 6.45) is 1.94. The third kappa shape index (κ3) is 5.13. The van der Waals surface area contributed by atoms with E-state index in [0.717, 1.165) is 12.8 Å². The van der Waals surface area contributed by atoms with E-state index in [1.165, 1.54) is 24.3 Å². The van der Waals surface area contributed by atoms with Gasteiger partial charge < -0.3 is 10.1 Å². The Labute approximate surface area is 167 Å². The number of hydrogen-bond donors (Lipinski definition) is 2. The van der Waals surface area contributed by atoms with Crippen LogP contribution in [0.3, 0.4) is 0 Å². The molecule has 0 bridgehead atoms. The van der Waals surface area contributed by atoms with Crippen molar-refractivity contribution in [1.82, 2.24) is 5.32 Å². The summed E-state index contributed by atoms with van der Waals surface area (Å²) < 4.78 is 33.1. The zero-order valence-electron chi connectivity index (χ0n) is 14.2. The molecule has 27 heavy (non-hydrogen) atoms. The van der Waals surface area contributed by atoms with Gasteiger partial charge >= 0.3 is 0 Å². The highest BCUT2D eigenvalue weighted by atomic mass is 35.5. The normalized spacial score (nSPS) is 16.9. The summed E-state index contributed by atoms with van der Waals surface area (Å²) in [5.41, 5.74) is 0.584. The van der Waals surface area contributed by atoms with Gasteiger partial charge in [-0.2, -0.15) is 0 Å². The van der Waals surface area contributed by atoms with E-state index in [9.17, 15) is 13.2 Å². The molecule has 1 heterocycles. The Morgan fingerprint density at radius 2 is 2.00 bits per heavy atom. The second-order valence-corrected chi connectivity index (χ2v) is 8.60. The van der Waals surface area contributed by atoms with Gasteiger partial charge in [-0.25, -0.2) is 8.42 Å². The van der Waals surface area contributed by atoms with Crippen LogP contribution >= 0.6 is 23.2 Å². The number of halogens is 2. The lowest BCUT2D eigenvalue weighted by Gasteiger charge is -2.13. The number of hydrogen-bond acceptors (Lipinski definition) is 4. The van der Waals surface area contributed by atoms with Crippen LogP contribution in [0.5, 0.6) is 0 Å². The van der Waals surface area contributed by atoms with Gasteiger partial charge in [0.2, 0.25) is 0 Å². The molecule has 1 fully saturated rings. The first kappa shape index (κ1) is 19.9. The Morgan fingerprint density at radius 3 is 2.74 bits per heavy atom. The zero-order valence-corrected chi connectivity index (χ0v) is 16.6. The molecule has 1 saturated heterocycles. The molecule has 0 spiro atoms. The quantitative estimate of drug-likeness (QED) is 0.734. The number of amides is 1. The Morgan fingerprint density at radius 1 is 1.19 bits per heavy atom. The molecule has 0 saturated carbocycles. The van der Waals surface area contributed by atoms with Crippen molar-refractivity contribution in [3.05, 3.63) is 58.1 Å². The summed E-state index contributed by atoms with van der Waals surface area (Å²) in [5.74, 6) is -0.299. The van der Waals surface area contributed by atoms with Crippen molar-refractivity contribution < 1.29 is 17.9 Å². The number of rotatable bonds is 6. The van der Waals surface area contributed by atoms with Crippen LogP contribution in [-0.4, -0.2) is 33.6 Å². The van der Waals surface area contributed by atoms with E-state index in [1.807, 2.05) is 0 Å². The predicted octanol–water partition coefficient (Wildman–Crippen LogP) is 3.70. The molecule has 1 aliphatic heterocycles. The molecule has 1 atom stereocenters. The highest BCUT2D eigenvalue weighted by Crippen LogP contribution is 2.27. The summed E-state index contributed by atoms with van der Waals surface area (Å²) in [7, 11) is -3.95. The number of nitrogens with one attached hydrogen (secondary N) is 2. The topological polar surface area (TPSA) is 84.5 Å². The Balaban J connectivity index is 1.73. The monoisotopic (exact) mass is 428 g/mol. The van der Waals surface area contributed by atoms with Crippen LogP contribution in [0.4, 0.5) is 5.69 Å². The maximum absolute atomic E-state index is 12.6. The lowest BCUT2D eigenvalue weighted by atomic mass is 10.2. The Bertz CT molecular complexity index is 944. The van der Waals surface area contributed by atoms with E-state index >= 15 is 0 Å². The van der Waals surface area contributed by atoms with Crippen LogP contribution in [0.1, 0.15) is 23.2 Å².